The Bertz CT molecular complexity index is 295. The zero-order chi connectivity index (χ0) is 13.7. The van der Waals surface area contributed by atoms with Crippen molar-refractivity contribution < 1.29 is 9.53 Å². The molecule has 1 saturated heterocycles. The van der Waals surface area contributed by atoms with Crippen molar-refractivity contribution in [3.63, 3.8) is 0 Å². The normalized spacial score (nSPS) is 28.1. The van der Waals surface area contributed by atoms with E-state index < -0.39 is 0 Å². The lowest BCUT2D eigenvalue weighted by atomic mass is 10.2. The molecule has 0 spiro atoms. The van der Waals surface area contributed by atoms with Crippen molar-refractivity contribution in [2.24, 2.45) is 0 Å². The lowest BCUT2D eigenvalue weighted by Gasteiger charge is -2.29. The quantitative estimate of drug-likeness (QED) is 0.766. The zero-order valence-electron chi connectivity index (χ0n) is 12.1. The lowest BCUT2D eigenvalue weighted by molar-refractivity contribution is -0.135. The molecule has 2 fully saturated rings. The Morgan fingerprint density at radius 2 is 2.11 bits per heavy atom. The molecule has 2 rings (SSSR count). The highest BCUT2D eigenvalue weighted by Crippen LogP contribution is 2.30. The Kier molecular flexibility index (Phi) is 5.98. The number of nitrogens with zero attached hydrogens (tertiary/aromatic N) is 2. The van der Waals surface area contributed by atoms with Gasteiger partial charge in [-0.2, -0.15) is 11.8 Å². The van der Waals surface area contributed by atoms with Crippen molar-refractivity contribution in [3.8, 4) is 0 Å². The highest BCUT2D eigenvalue weighted by Gasteiger charge is 2.27. The third kappa shape index (κ3) is 4.36. The van der Waals surface area contributed by atoms with Crippen molar-refractivity contribution in [3.05, 3.63) is 0 Å². The van der Waals surface area contributed by atoms with Crippen LogP contribution in [0.15, 0.2) is 0 Å². The molecule has 19 heavy (non-hydrogen) atoms. The number of amides is 1. The third-order valence-electron chi connectivity index (χ3n) is 4.36. The molecule has 5 heteroatoms. The van der Waals surface area contributed by atoms with Gasteiger partial charge in [0.1, 0.15) is 0 Å². The van der Waals surface area contributed by atoms with Crippen molar-refractivity contribution in [2.45, 2.75) is 37.0 Å². The van der Waals surface area contributed by atoms with Gasteiger partial charge in [-0.1, -0.05) is 0 Å². The average Bonchev–Trinajstić information content (AvgIpc) is 2.94. The summed E-state index contributed by atoms with van der Waals surface area (Å²) in [5.74, 6) is 0.287. The van der Waals surface area contributed by atoms with Gasteiger partial charge in [0.2, 0.25) is 5.91 Å². The molecule has 0 N–H and O–H groups in total. The van der Waals surface area contributed by atoms with E-state index in [0.29, 0.717) is 25.7 Å². The van der Waals surface area contributed by atoms with Gasteiger partial charge < -0.3 is 14.5 Å². The summed E-state index contributed by atoms with van der Waals surface area (Å²) < 4.78 is 5.27. The van der Waals surface area contributed by atoms with Crippen molar-refractivity contribution in [1.82, 2.24) is 9.80 Å². The fourth-order valence-corrected chi connectivity index (χ4v) is 3.74. The van der Waals surface area contributed by atoms with Gasteiger partial charge in [-0.3, -0.25) is 4.79 Å². The molecule has 1 aliphatic heterocycles. The first kappa shape index (κ1) is 15.1. The first-order chi connectivity index (χ1) is 9.20. The van der Waals surface area contributed by atoms with Gasteiger partial charge in [0.15, 0.2) is 0 Å². The standard InChI is InChI=1S/C14H26N2O2S/c1-15(12-3-4-13(11-12)19-2)6-5-14(17)16-7-9-18-10-8-16/h12-13H,3-11H2,1-2H3/t12-,13+/m1/s1. The topological polar surface area (TPSA) is 32.8 Å². The highest BCUT2D eigenvalue weighted by atomic mass is 32.2. The van der Waals surface area contributed by atoms with Crippen LogP contribution in [0.1, 0.15) is 25.7 Å². The molecule has 1 saturated carbocycles. The van der Waals surface area contributed by atoms with E-state index in [2.05, 4.69) is 18.2 Å². The van der Waals surface area contributed by atoms with Gasteiger partial charge in [0, 0.05) is 37.3 Å². The smallest absolute Gasteiger partial charge is 0.224 e. The molecule has 0 aromatic heterocycles. The minimum Gasteiger partial charge on any atom is -0.378 e. The Labute approximate surface area is 120 Å². The number of thioether (sulfide) groups is 1. The predicted molar refractivity (Wildman–Crippen MR) is 79.6 cm³/mol. The molecule has 0 unspecified atom stereocenters. The van der Waals surface area contributed by atoms with Crippen molar-refractivity contribution >= 4 is 17.7 Å². The summed E-state index contributed by atoms with van der Waals surface area (Å²) in [6.45, 7) is 3.81. The van der Waals surface area contributed by atoms with E-state index in [1.165, 1.54) is 19.3 Å². The van der Waals surface area contributed by atoms with Crippen LogP contribution in [-0.4, -0.2) is 73.2 Å². The summed E-state index contributed by atoms with van der Waals surface area (Å²) in [5.41, 5.74) is 0. The summed E-state index contributed by atoms with van der Waals surface area (Å²) in [5, 5.41) is 0.822. The minimum absolute atomic E-state index is 0.287. The summed E-state index contributed by atoms with van der Waals surface area (Å²) in [4.78, 5) is 16.4. The second kappa shape index (κ2) is 7.50. The maximum absolute atomic E-state index is 12.1. The van der Waals surface area contributed by atoms with Crippen molar-refractivity contribution in [1.29, 1.82) is 0 Å². The SMILES string of the molecule is CS[C@H]1CC[C@@H](N(C)CCC(=O)N2CCOCC2)C1. The number of ether oxygens (including phenoxy) is 1. The van der Waals surface area contributed by atoms with E-state index in [-0.39, 0.29) is 5.91 Å². The van der Waals surface area contributed by atoms with E-state index in [0.717, 1.165) is 24.9 Å². The molecular formula is C14H26N2O2S. The average molecular weight is 286 g/mol. The number of carbonyl (C=O) groups is 1. The fourth-order valence-electron chi connectivity index (χ4n) is 2.96. The van der Waals surface area contributed by atoms with Gasteiger partial charge in [0.25, 0.3) is 0 Å². The number of morpholine rings is 1. The fraction of sp³-hybridized carbons (Fsp3) is 0.929. The highest BCUT2D eigenvalue weighted by molar-refractivity contribution is 7.99. The summed E-state index contributed by atoms with van der Waals surface area (Å²) in [7, 11) is 2.17. The molecule has 2 aliphatic rings. The molecule has 0 radical (unpaired) electrons. The molecule has 0 aromatic rings. The van der Waals surface area contributed by atoms with E-state index >= 15 is 0 Å². The first-order valence-electron chi connectivity index (χ1n) is 7.29. The number of hydrogen-bond acceptors (Lipinski definition) is 4. The minimum atomic E-state index is 0.287. The van der Waals surface area contributed by atoms with E-state index in [1.54, 1.807) is 0 Å². The van der Waals surface area contributed by atoms with Gasteiger partial charge in [-0.25, -0.2) is 0 Å². The Hall–Kier alpha value is -0.260. The Balaban J connectivity index is 1.68. The maximum atomic E-state index is 12.1. The largest absolute Gasteiger partial charge is 0.378 e. The molecule has 1 heterocycles. The van der Waals surface area contributed by atoms with Crippen LogP contribution in [-0.2, 0) is 9.53 Å². The number of rotatable bonds is 5. The van der Waals surface area contributed by atoms with Crippen molar-refractivity contribution in [2.75, 3.05) is 46.2 Å². The summed E-state index contributed by atoms with van der Waals surface area (Å²) >= 11 is 1.98. The van der Waals surface area contributed by atoms with Gasteiger partial charge >= 0.3 is 0 Å². The summed E-state index contributed by atoms with van der Waals surface area (Å²) in [6, 6.07) is 0.676. The lowest BCUT2D eigenvalue weighted by Crippen LogP contribution is -2.42. The Morgan fingerprint density at radius 1 is 1.37 bits per heavy atom. The molecule has 2 atom stereocenters. The maximum Gasteiger partial charge on any atom is 0.224 e. The van der Waals surface area contributed by atoms with E-state index in [9.17, 15) is 4.79 Å². The molecule has 0 aromatic carbocycles. The van der Waals surface area contributed by atoms with Crippen LogP contribution in [0.5, 0.6) is 0 Å². The van der Waals surface area contributed by atoms with Gasteiger partial charge in [-0.15, -0.1) is 0 Å². The van der Waals surface area contributed by atoms with Crippen LogP contribution >= 0.6 is 11.8 Å². The third-order valence-corrected chi connectivity index (χ3v) is 5.45. The van der Waals surface area contributed by atoms with Crippen LogP contribution in [0.2, 0.25) is 0 Å². The van der Waals surface area contributed by atoms with Gasteiger partial charge in [0.05, 0.1) is 13.2 Å². The second-order valence-corrected chi connectivity index (χ2v) is 6.69. The van der Waals surface area contributed by atoms with Crippen LogP contribution in [0, 0.1) is 0 Å². The van der Waals surface area contributed by atoms with E-state index in [4.69, 9.17) is 4.74 Å². The van der Waals surface area contributed by atoms with Crippen LogP contribution in [0.3, 0.4) is 0 Å². The predicted octanol–water partition coefficient (Wildman–Crippen LogP) is 1.45. The van der Waals surface area contributed by atoms with Gasteiger partial charge in [-0.05, 0) is 32.6 Å². The summed E-state index contributed by atoms with van der Waals surface area (Å²) in [6.07, 6.45) is 6.75. The second-order valence-electron chi connectivity index (χ2n) is 5.55. The number of carbonyl (C=O) groups excluding carboxylic acids is 1. The molecule has 0 bridgehead atoms. The van der Waals surface area contributed by atoms with Crippen LogP contribution in [0.4, 0.5) is 0 Å². The van der Waals surface area contributed by atoms with Crippen LogP contribution < -0.4 is 0 Å². The molecule has 1 aliphatic carbocycles. The monoisotopic (exact) mass is 286 g/mol. The molecular weight excluding hydrogens is 260 g/mol. The Morgan fingerprint density at radius 3 is 2.74 bits per heavy atom. The number of hydrogen-bond donors (Lipinski definition) is 0. The molecule has 1 amide bonds. The molecule has 110 valence electrons. The first-order valence-corrected chi connectivity index (χ1v) is 8.58. The zero-order valence-corrected chi connectivity index (χ0v) is 13.0. The molecule has 4 nitrogen and oxygen atoms in total. The van der Waals surface area contributed by atoms with E-state index in [1.807, 2.05) is 16.7 Å². The van der Waals surface area contributed by atoms with Crippen LogP contribution in [0.25, 0.3) is 0 Å².